The minimum Gasteiger partial charge on any atom is -0.234 e. The number of aromatic nitrogens is 1. The summed E-state index contributed by atoms with van der Waals surface area (Å²) in [5.41, 5.74) is 0. The van der Waals surface area contributed by atoms with Crippen molar-refractivity contribution in [1.29, 1.82) is 0 Å². The zero-order valence-electron chi connectivity index (χ0n) is 7.95. The van der Waals surface area contributed by atoms with E-state index in [4.69, 9.17) is 23.2 Å². The average molecular weight is 335 g/mol. The molecule has 1 aromatic heterocycles. The van der Waals surface area contributed by atoms with Gasteiger partial charge in [-0.15, -0.1) is 0 Å². The number of rotatable bonds is 2. The standard InChI is InChI=1S/C11H6BrCl2NS/c12-10-2-1-3-11(15-10)16-7-4-5-8(13)9(14)6-7/h1-6H. The lowest BCUT2D eigenvalue weighted by Crippen LogP contribution is -1.80. The predicted octanol–water partition coefficient (Wildman–Crippen LogP) is 5.30. The third kappa shape index (κ3) is 3.14. The quantitative estimate of drug-likeness (QED) is 0.691. The summed E-state index contributed by atoms with van der Waals surface area (Å²) in [7, 11) is 0. The minimum absolute atomic E-state index is 0.557. The molecule has 5 heteroatoms. The Morgan fingerprint density at radius 3 is 2.56 bits per heavy atom. The van der Waals surface area contributed by atoms with Crippen LogP contribution in [-0.4, -0.2) is 4.98 Å². The molecule has 0 aliphatic carbocycles. The van der Waals surface area contributed by atoms with E-state index >= 15 is 0 Å². The molecule has 0 bridgehead atoms. The molecule has 0 aliphatic heterocycles. The van der Waals surface area contributed by atoms with Crippen molar-refractivity contribution in [3.63, 3.8) is 0 Å². The van der Waals surface area contributed by atoms with Crippen LogP contribution < -0.4 is 0 Å². The minimum atomic E-state index is 0.557. The summed E-state index contributed by atoms with van der Waals surface area (Å²) in [4.78, 5) is 5.34. The molecule has 0 saturated carbocycles. The highest BCUT2D eigenvalue weighted by Gasteiger charge is 2.02. The summed E-state index contributed by atoms with van der Waals surface area (Å²) < 4.78 is 0.817. The predicted molar refractivity (Wildman–Crippen MR) is 72.5 cm³/mol. The van der Waals surface area contributed by atoms with Gasteiger partial charge in [-0.3, -0.25) is 0 Å². The van der Waals surface area contributed by atoms with Gasteiger partial charge in [0, 0.05) is 4.90 Å². The topological polar surface area (TPSA) is 12.9 Å². The molecule has 0 saturated heterocycles. The van der Waals surface area contributed by atoms with Gasteiger partial charge >= 0.3 is 0 Å². The van der Waals surface area contributed by atoms with Gasteiger partial charge in [0.1, 0.15) is 9.63 Å². The normalized spacial score (nSPS) is 10.4. The molecule has 16 heavy (non-hydrogen) atoms. The summed E-state index contributed by atoms with van der Waals surface area (Å²) in [5.74, 6) is 0. The average Bonchev–Trinajstić information content (AvgIpc) is 2.24. The van der Waals surface area contributed by atoms with E-state index in [-0.39, 0.29) is 0 Å². The Balaban J connectivity index is 2.24. The highest BCUT2D eigenvalue weighted by Crippen LogP contribution is 2.31. The monoisotopic (exact) mass is 333 g/mol. The number of nitrogens with zero attached hydrogens (tertiary/aromatic N) is 1. The maximum Gasteiger partial charge on any atom is 0.107 e. The second-order valence-corrected chi connectivity index (χ2v) is 5.70. The molecule has 0 unspecified atom stereocenters. The molecular formula is C11H6BrCl2NS. The Morgan fingerprint density at radius 1 is 1.06 bits per heavy atom. The first-order chi connectivity index (χ1) is 7.65. The molecule has 0 N–H and O–H groups in total. The van der Waals surface area contributed by atoms with Crippen LogP contribution in [0.4, 0.5) is 0 Å². The highest BCUT2D eigenvalue weighted by molar-refractivity contribution is 9.10. The van der Waals surface area contributed by atoms with E-state index in [2.05, 4.69) is 20.9 Å². The molecule has 2 aromatic rings. The van der Waals surface area contributed by atoms with Gasteiger partial charge in [-0.1, -0.05) is 41.0 Å². The van der Waals surface area contributed by atoms with Gasteiger partial charge in [0.25, 0.3) is 0 Å². The van der Waals surface area contributed by atoms with Crippen LogP contribution in [0.3, 0.4) is 0 Å². The summed E-state index contributed by atoms with van der Waals surface area (Å²) >= 11 is 16.7. The van der Waals surface area contributed by atoms with Gasteiger partial charge < -0.3 is 0 Å². The lowest BCUT2D eigenvalue weighted by molar-refractivity contribution is 1.10. The molecular weight excluding hydrogens is 329 g/mol. The second-order valence-electron chi connectivity index (χ2n) is 2.98. The van der Waals surface area contributed by atoms with Crippen molar-refractivity contribution in [2.45, 2.75) is 9.92 Å². The van der Waals surface area contributed by atoms with E-state index < -0.39 is 0 Å². The number of halogens is 3. The first kappa shape index (κ1) is 12.2. The third-order valence-electron chi connectivity index (χ3n) is 1.80. The first-order valence-corrected chi connectivity index (χ1v) is 6.77. The Hall–Kier alpha value is -0.220. The maximum absolute atomic E-state index is 5.94. The summed E-state index contributed by atoms with van der Waals surface area (Å²) in [6.45, 7) is 0. The van der Waals surface area contributed by atoms with Crippen molar-refractivity contribution in [2.75, 3.05) is 0 Å². The fourth-order valence-electron chi connectivity index (χ4n) is 1.11. The molecule has 0 atom stereocenters. The van der Waals surface area contributed by atoms with E-state index in [9.17, 15) is 0 Å². The fourth-order valence-corrected chi connectivity index (χ4v) is 2.78. The molecule has 0 radical (unpaired) electrons. The molecule has 0 fully saturated rings. The largest absolute Gasteiger partial charge is 0.234 e. The van der Waals surface area contributed by atoms with Crippen molar-refractivity contribution in [3.8, 4) is 0 Å². The molecule has 82 valence electrons. The summed E-state index contributed by atoms with van der Waals surface area (Å²) in [6.07, 6.45) is 0. The van der Waals surface area contributed by atoms with E-state index in [1.807, 2.05) is 30.3 Å². The van der Waals surface area contributed by atoms with Gasteiger partial charge in [-0.05, 0) is 46.3 Å². The first-order valence-electron chi connectivity index (χ1n) is 4.40. The van der Waals surface area contributed by atoms with E-state index in [1.165, 1.54) is 0 Å². The Kier molecular flexibility index (Phi) is 4.14. The number of benzene rings is 1. The van der Waals surface area contributed by atoms with Crippen LogP contribution in [0.25, 0.3) is 0 Å². The van der Waals surface area contributed by atoms with Crippen LogP contribution in [0.5, 0.6) is 0 Å². The Labute approximate surface area is 116 Å². The number of pyridine rings is 1. The highest BCUT2D eigenvalue weighted by atomic mass is 79.9. The summed E-state index contributed by atoms with van der Waals surface area (Å²) in [5, 5.41) is 2.03. The Morgan fingerprint density at radius 2 is 1.88 bits per heavy atom. The molecule has 0 spiro atoms. The van der Waals surface area contributed by atoms with Crippen LogP contribution in [0.1, 0.15) is 0 Å². The van der Waals surface area contributed by atoms with Crippen molar-refractivity contribution < 1.29 is 0 Å². The van der Waals surface area contributed by atoms with E-state index in [0.717, 1.165) is 14.5 Å². The van der Waals surface area contributed by atoms with Crippen LogP contribution in [0.15, 0.2) is 50.9 Å². The third-order valence-corrected chi connectivity index (χ3v) is 3.91. The number of hydrogen-bond acceptors (Lipinski definition) is 2. The van der Waals surface area contributed by atoms with E-state index in [0.29, 0.717) is 10.0 Å². The van der Waals surface area contributed by atoms with Crippen LogP contribution >= 0.6 is 50.9 Å². The SMILES string of the molecule is Clc1ccc(Sc2cccc(Br)n2)cc1Cl. The van der Waals surface area contributed by atoms with Gasteiger partial charge in [-0.25, -0.2) is 4.98 Å². The van der Waals surface area contributed by atoms with Crippen molar-refractivity contribution in [1.82, 2.24) is 4.98 Å². The fraction of sp³-hybridized carbons (Fsp3) is 0. The van der Waals surface area contributed by atoms with Crippen LogP contribution in [-0.2, 0) is 0 Å². The van der Waals surface area contributed by atoms with Crippen molar-refractivity contribution in [2.24, 2.45) is 0 Å². The summed E-state index contributed by atoms with van der Waals surface area (Å²) in [6, 6.07) is 11.3. The smallest absolute Gasteiger partial charge is 0.107 e. The maximum atomic E-state index is 5.94. The van der Waals surface area contributed by atoms with Crippen molar-refractivity contribution >= 4 is 50.9 Å². The lowest BCUT2D eigenvalue weighted by Gasteiger charge is -2.02. The van der Waals surface area contributed by atoms with Gasteiger partial charge in [0.15, 0.2) is 0 Å². The molecule has 1 nitrogen and oxygen atoms in total. The molecule has 0 amide bonds. The zero-order valence-corrected chi connectivity index (χ0v) is 11.9. The van der Waals surface area contributed by atoms with Crippen molar-refractivity contribution in [3.05, 3.63) is 51.0 Å². The zero-order chi connectivity index (χ0) is 11.5. The lowest BCUT2D eigenvalue weighted by atomic mass is 10.4. The van der Waals surface area contributed by atoms with Gasteiger partial charge in [0.05, 0.1) is 10.0 Å². The molecule has 2 rings (SSSR count). The Bertz CT molecular complexity index is 519. The van der Waals surface area contributed by atoms with E-state index in [1.54, 1.807) is 17.8 Å². The molecule has 1 aromatic carbocycles. The molecule has 1 heterocycles. The number of hydrogen-bond donors (Lipinski definition) is 0. The second kappa shape index (κ2) is 5.41. The van der Waals surface area contributed by atoms with Gasteiger partial charge in [0.2, 0.25) is 0 Å². The van der Waals surface area contributed by atoms with Gasteiger partial charge in [-0.2, -0.15) is 0 Å². The van der Waals surface area contributed by atoms with Crippen LogP contribution in [0.2, 0.25) is 10.0 Å². The molecule has 0 aliphatic rings. The van der Waals surface area contributed by atoms with Crippen LogP contribution in [0, 0.1) is 0 Å².